The summed E-state index contributed by atoms with van der Waals surface area (Å²) >= 11 is 0. The summed E-state index contributed by atoms with van der Waals surface area (Å²) in [6.45, 7) is 7.12. The summed E-state index contributed by atoms with van der Waals surface area (Å²) in [4.78, 5) is 24.0. The van der Waals surface area contributed by atoms with Gasteiger partial charge >= 0.3 is 0 Å². The van der Waals surface area contributed by atoms with Gasteiger partial charge in [0.15, 0.2) is 0 Å². The second kappa shape index (κ2) is 8.67. The summed E-state index contributed by atoms with van der Waals surface area (Å²) in [5.41, 5.74) is 1.23. The van der Waals surface area contributed by atoms with E-state index in [0.29, 0.717) is 5.91 Å². The van der Waals surface area contributed by atoms with Crippen LogP contribution >= 0.6 is 0 Å². The molecule has 144 valence electrons. The first-order valence-corrected chi connectivity index (χ1v) is 9.93. The number of carbonyl (C=O) groups is 1. The Hall–Kier alpha value is -2.18. The van der Waals surface area contributed by atoms with Crippen molar-refractivity contribution in [3.63, 3.8) is 0 Å². The first kappa shape index (κ1) is 18.2. The number of amides is 1. The number of piperazine rings is 1. The minimum absolute atomic E-state index is 0.124. The van der Waals surface area contributed by atoms with Crippen LogP contribution in [0.2, 0.25) is 0 Å². The zero-order valence-corrected chi connectivity index (χ0v) is 15.8. The van der Waals surface area contributed by atoms with E-state index >= 15 is 0 Å². The number of hydrogen-bond donors (Lipinski definition) is 0. The highest BCUT2D eigenvalue weighted by molar-refractivity contribution is 5.79. The Bertz CT molecular complexity index is 711. The molecule has 0 spiro atoms. The highest BCUT2D eigenvalue weighted by Crippen LogP contribution is 2.21. The molecule has 1 atom stereocenters. The van der Waals surface area contributed by atoms with Gasteiger partial charge in [0, 0.05) is 51.7 Å². The van der Waals surface area contributed by atoms with Gasteiger partial charge in [-0.2, -0.15) is 0 Å². The molecule has 0 N–H and O–H groups in total. The first-order valence-electron chi connectivity index (χ1n) is 9.93. The molecule has 6 nitrogen and oxygen atoms in total. The molecular weight excluding hydrogens is 340 g/mol. The van der Waals surface area contributed by atoms with Crippen molar-refractivity contribution in [3.05, 3.63) is 54.2 Å². The highest BCUT2D eigenvalue weighted by atomic mass is 16.3. The van der Waals surface area contributed by atoms with Crippen molar-refractivity contribution in [2.24, 2.45) is 5.92 Å². The van der Waals surface area contributed by atoms with E-state index in [-0.39, 0.29) is 5.92 Å². The topological polar surface area (TPSA) is 52.8 Å². The van der Waals surface area contributed by atoms with Crippen LogP contribution in [0.25, 0.3) is 0 Å². The SMILES string of the molecule is O=C(C1CCCN(Cc2ccco2)C1)N1CCN(Cc2cccnc2)CC1. The molecule has 2 aliphatic rings. The standard InChI is InChI=1S/C21H28N4O2/c26-21(19-5-2-8-24(16-19)17-20-6-3-13-27-20)25-11-9-23(10-12-25)15-18-4-1-7-22-14-18/h1,3-4,6-7,13-14,19H,2,5,8-12,15-17H2. The fourth-order valence-electron chi connectivity index (χ4n) is 4.16. The van der Waals surface area contributed by atoms with Gasteiger partial charge in [0.2, 0.25) is 5.91 Å². The maximum atomic E-state index is 13.0. The third kappa shape index (κ3) is 4.76. The number of rotatable bonds is 5. The van der Waals surface area contributed by atoms with E-state index in [1.807, 2.05) is 24.4 Å². The number of piperidine rings is 1. The molecule has 6 heteroatoms. The van der Waals surface area contributed by atoms with Crippen molar-refractivity contribution in [2.45, 2.75) is 25.9 Å². The largest absolute Gasteiger partial charge is 0.468 e. The van der Waals surface area contributed by atoms with E-state index in [1.54, 1.807) is 12.5 Å². The smallest absolute Gasteiger partial charge is 0.227 e. The Kier molecular flexibility index (Phi) is 5.84. The molecule has 2 aliphatic heterocycles. The predicted octanol–water partition coefficient (Wildman–Crippen LogP) is 2.23. The van der Waals surface area contributed by atoms with E-state index in [2.05, 4.69) is 25.8 Å². The molecule has 0 aromatic carbocycles. The fraction of sp³-hybridized carbons (Fsp3) is 0.524. The minimum Gasteiger partial charge on any atom is -0.468 e. The summed E-state index contributed by atoms with van der Waals surface area (Å²) in [6.07, 6.45) is 7.53. The summed E-state index contributed by atoms with van der Waals surface area (Å²) in [6, 6.07) is 8.02. The summed E-state index contributed by atoms with van der Waals surface area (Å²) < 4.78 is 5.46. The van der Waals surface area contributed by atoms with Crippen molar-refractivity contribution in [3.8, 4) is 0 Å². The van der Waals surface area contributed by atoms with Gasteiger partial charge in [0.1, 0.15) is 5.76 Å². The third-order valence-corrected chi connectivity index (χ3v) is 5.63. The van der Waals surface area contributed by atoms with E-state index in [9.17, 15) is 4.79 Å². The molecule has 2 fully saturated rings. The molecule has 0 radical (unpaired) electrons. The molecule has 4 heterocycles. The number of pyridine rings is 1. The molecule has 1 amide bonds. The van der Waals surface area contributed by atoms with E-state index in [1.165, 1.54) is 5.56 Å². The second-order valence-electron chi connectivity index (χ2n) is 7.62. The lowest BCUT2D eigenvalue weighted by molar-refractivity contribution is -0.139. The van der Waals surface area contributed by atoms with Crippen LogP contribution in [0.4, 0.5) is 0 Å². The summed E-state index contributed by atoms with van der Waals surface area (Å²) in [5.74, 6) is 1.44. The highest BCUT2D eigenvalue weighted by Gasteiger charge is 2.31. The average molecular weight is 368 g/mol. The lowest BCUT2D eigenvalue weighted by Gasteiger charge is -2.39. The zero-order chi connectivity index (χ0) is 18.5. The van der Waals surface area contributed by atoms with E-state index in [4.69, 9.17) is 4.42 Å². The molecule has 1 unspecified atom stereocenters. The molecule has 0 aliphatic carbocycles. The van der Waals surface area contributed by atoms with Crippen molar-refractivity contribution >= 4 is 5.91 Å². The molecule has 2 saturated heterocycles. The molecule has 0 bridgehead atoms. The van der Waals surface area contributed by atoms with E-state index in [0.717, 1.165) is 71.0 Å². The van der Waals surface area contributed by atoms with Crippen LogP contribution in [0.5, 0.6) is 0 Å². The monoisotopic (exact) mass is 368 g/mol. The molecule has 0 saturated carbocycles. The number of furan rings is 1. The minimum atomic E-state index is 0.124. The number of likely N-dealkylation sites (tertiary alicyclic amines) is 1. The molecule has 2 aromatic rings. The van der Waals surface area contributed by atoms with Crippen molar-refractivity contribution < 1.29 is 9.21 Å². The summed E-state index contributed by atoms with van der Waals surface area (Å²) in [5, 5.41) is 0. The predicted molar refractivity (Wildman–Crippen MR) is 103 cm³/mol. The molecule has 2 aromatic heterocycles. The van der Waals surface area contributed by atoms with Gasteiger partial charge in [-0.3, -0.25) is 19.6 Å². The number of nitrogens with zero attached hydrogens (tertiary/aromatic N) is 4. The third-order valence-electron chi connectivity index (χ3n) is 5.63. The number of hydrogen-bond acceptors (Lipinski definition) is 5. The van der Waals surface area contributed by atoms with Gasteiger partial charge in [-0.15, -0.1) is 0 Å². The van der Waals surface area contributed by atoms with Gasteiger partial charge in [-0.05, 0) is 43.1 Å². The van der Waals surface area contributed by atoms with Gasteiger partial charge in [-0.25, -0.2) is 0 Å². The van der Waals surface area contributed by atoms with Gasteiger partial charge < -0.3 is 9.32 Å². The Balaban J connectivity index is 1.26. The Morgan fingerprint density at radius 1 is 1.07 bits per heavy atom. The van der Waals surface area contributed by atoms with Crippen molar-refractivity contribution in [1.82, 2.24) is 19.7 Å². The normalized spacial score (nSPS) is 22.1. The van der Waals surface area contributed by atoms with Gasteiger partial charge in [-0.1, -0.05) is 6.07 Å². The quantitative estimate of drug-likeness (QED) is 0.810. The van der Waals surface area contributed by atoms with Crippen LogP contribution in [0.3, 0.4) is 0 Å². The Labute approximate surface area is 160 Å². The molecule has 27 heavy (non-hydrogen) atoms. The van der Waals surface area contributed by atoms with Crippen LogP contribution < -0.4 is 0 Å². The van der Waals surface area contributed by atoms with Gasteiger partial charge in [0.05, 0.1) is 18.7 Å². The van der Waals surface area contributed by atoms with Crippen molar-refractivity contribution in [2.75, 3.05) is 39.3 Å². The first-order chi connectivity index (χ1) is 13.3. The maximum absolute atomic E-state index is 13.0. The van der Waals surface area contributed by atoms with Crippen LogP contribution in [0.15, 0.2) is 47.3 Å². The Morgan fingerprint density at radius 2 is 1.96 bits per heavy atom. The van der Waals surface area contributed by atoms with Crippen LogP contribution in [0.1, 0.15) is 24.2 Å². The van der Waals surface area contributed by atoms with Crippen LogP contribution in [-0.4, -0.2) is 64.9 Å². The Morgan fingerprint density at radius 3 is 2.70 bits per heavy atom. The van der Waals surface area contributed by atoms with Crippen molar-refractivity contribution in [1.29, 1.82) is 0 Å². The fourth-order valence-corrected chi connectivity index (χ4v) is 4.16. The molecular formula is C21H28N4O2. The number of aromatic nitrogens is 1. The summed E-state index contributed by atoms with van der Waals surface area (Å²) in [7, 11) is 0. The second-order valence-corrected chi connectivity index (χ2v) is 7.62. The lowest BCUT2D eigenvalue weighted by atomic mass is 9.96. The number of carbonyl (C=O) groups excluding carboxylic acids is 1. The van der Waals surface area contributed by atoms with Crippen LogP contribution in [0, 0.1) is 5.92 Å². The van der Waals surface area contributed by atoms with E-state index < -0.39 is 0 Å². The molecule has 4 rings (SSSR count). The maximum Gasteiger partial charge on any atom is 0.227 e. The van der Waals surface area contributed by atoms with Crippen LogP contribution in [-0.2, 0) is 17.9 Å². The zero-order valence-electron chi connectivity index (χ0n) is 15.8. The lowest BCUT2D eigenvalue weighted by Crippen LogP contribution is -2.52. The van der Waals surface area contributed by atoms with Gasteiger partial charge in [0.25, 0.3) is 0 Å². The average Bonchev–Trinajstić information content (AvgIpc) is 3.22.